The smallest absolute Gasteiger partial charge is 0.106 e. The zero-order chi connectivity index (χ0) is 11.4. The lowest BCUT2D eigenvalue weighted by Gasteiger charge is -2.14. The Kier molecular flexibility index (Phi) is 3.74. The fraction of sp³-hybridized carbons (Fsp3) is 0.417. The molecule has 16 heavy (non-hydrogen) atoms. The van der Waals surface area contributed by atoms with Crippen molar-refractivity contribution in [1.29, 1.82) is 0 Å². The summed E-state index contributed by atoms with van der Waals surface area (Å²) < 4.78 is 5.55. The molecule has 1 fully saturated rings. The molecular weight excluding hydrogens is 220 g/mol. The van der Waals surface area contributed by atoms with Gasteiger partial charge in [-0.2, -0.15) is 0 Å². The number of thiocarbonyl (C=S) groups is 1. The number of nitrogens with two attached hydrogens (primary N) is 1. The van der Waals surface area contributed by atoms with Crippen molar-refractivity contribution in [2.24, 2.45) is 5.73 Å². The zero-order valence-corrected chi connectivity index (χ0v) is 9.93. The molecule has 0 aromatic heterocycles. The van der Waals surface area contributed by atoms with Crippen molar-refractivity contribution in [2.45, 2.75) is 18.9 Å². The van der Waals surface area contributed by atoms with E-state index in [1.54, 1.807) is 0 Å². The molecule has 1 unspecified atom stereocenters. The van der Waals surface area contributed by atoms with Gasteiger partial charge >= 0.3 is 0 Å². The van der Waals surface area contributed by atoms with Crippen molar-refractivity contribution < 1.29 is 4.74 Å². The zero-order valence-electron chi connectivity index (χ0n) is 9.11. The van der Waals surface area contributed by atoms with Crippen LogP contribution in [0.2, 0.25) is 0 Å². The van der Waals surface area contributed by atoms with Crippen LogP contribution < -0.4 is 11.1 Å². The van der Waals surface area contributed by atoms with Crippen LogP contribution in [0.5, 0.6) is 0 Å². The lowest BCUT2D eigenvalue weighted by atomic mass is 10.1. The summed E-state index contributed by atoms with van der Waals surface area (Å²) in [5, 5.41) is 3.34. The molecule has 0 saturated carbocycles. The first-order chi connectivity index (χ1) is 7.77. The summed E-state index contributed by atoms with van der Waals surface area (Å²) in [4.78, 5) is 0.426. The fourth-order valence-electron chi connectivity index (χ4n) is 1.88. The average molecular weight is 236 g/mol. The number of anilines is 1. The van der Waals surface area contributed by atoms with E-state index >= 15 is 0 Å². The summed E-state index contributed by atoms with van der Waals surface area (Å²) in [5.41, 5.74) is 7.55. The maximum atomic E-state index is 5.66. The number of nitrogens with one attached hydrogen (secondary N) is 1. The van der Waals surface area contributed by atoms with Crippen molar-refractivity contribution in [2.75, 3.05) is 18.5 Å². The predicted molar refractivity (Wildman–Crippen MR) is 69.8 cm³/mol. The molecule has 1 saturated heterocycles. The first kappa shape index (κ1) is 11.4. The second-order valence-corrected chi connectivity index (χ2v) is 4.37. The van der Waals surface area contributed by atoms with E-state index in [1.807, 2.05) is 24.3 Å². The number of ether oxygens (including phenoxy) is 1. The molecule has 2 rings (SSSR count). The Balaban J connectivity index is 2.00. The van der Waals surface area contributed by atoms with Gasteiger partial charge in [-0.05, 0) is 25.0 Å². The quantitative estimate of drug-likeness (QED) is 0.784. The molecule has 1 aliphatic rings. The van der Waals surface area contributed by atoms with Crippen molar-refractivity contribution in [3.63, 3.8) is 0 Å². The molecule has 0 radical (unpaired) electrons. The summed E-state index contributed by atoms with van der Waals surface area (Å²) >= 11 is 5.01. The van der Waals surface area contributed by atoms with Crippen LogP contribution in [0.3, 0.4) is 0 Å². The van der Waals surface area contributed by atoms with E-state index < -0.39 is 0 Å². The SMILES string of the molecule is NC(=S)c1ccccc1NCC1CCCO1. The molecule has 0 amide bonds. The first-order valence-electron chi connectivity index (χ1n) is 5.51. The molecule has 3 nitrogen and oxygen atoms in total. The highest BCUT2D eigenvalue weighted by Gasteiger charge is 2.15. The van der Waals surface area contributed by atoms with Gasteiger partial charge in [0.2, 0.25) is 0 Å². The summed E-state index contributed by atoms with van der Waals surface area (Å²) in [7, 11) is 0. The monoisotopic (exact) mass is 236 g/mol. The minimum Gasteiger partial charge on any atom is -0.389 e. The molecule has 4 heteroatoms. The van der Waals surface area contributed by atoms with Crippen molar-refractivity contribution >= 4 is 22.9 Å². The Morgan fingerprint density at radius 1 is 1.50 bits per heavy atom. The Bertz CT molecular complexity index is 375. The third-order valence-corrected chi connectivity index (χ3v) is 2.96. The van der Waals surface area contributed by atoms with Crippen molar-refractivity contribution in [1.82, 2.24) is 0 Å². The first-order valence-corrected chi connectivity index (χ1v) is 5.92. The minimum absolute atomic E-state index is 0.319. The van der Waals surface area contributed by atoms with Crippen LogP contribution in [0, 0.1) is 0 Å². The highest BCUT2D eigenvalue weighted by Crippen LogP contribution is 2.17. The average Bonchev–Trinajstić information content (AvgIpc) is 2.79. The molecule has 1 heterocycles. The van der Waals surface area contributed by atoms with E-state index in [4.69, 9.17) is 22.7 Å². The van der Waals surface area contributed by atoms with Gasteiger partial charge < -0.3 is 15.8 Å². The maximum Gasteiger partial charge on any atom is 0.106 e. The summed E-state index contributed by atoms with van der Waals surface area (Å²) in [6.45, 7) is 1.70. The summed E-state index contributed by atoms with van der Waals surface area (Å²) in [6.07, 6.45) is 2.60. The van der Waals surface area contributed by atoms with Crippen LogP contribution in [0.1, 0.15) is 18.4 Å². The van der Waals surface area contributed by atoms with Gasteiger partial charge in [0.1, 0.15) is 4.99 Å². The van der Waals surface area contributed by atoms with Gasteiger partial charge in [0, 0.05) is 24.4 Å². The van der Waals surface area contributed by atoms with Crippen LogP contribution in [0.15, 0.2) is 24.3 Å². The molecule has 3 N–H and O–H groups in total. The Hall–Kier alpha value is -1.13. The number of benzene rings is 1. The third kappa shape index (κ3) is 2.71. The van der Waals surface area contributed by atoms with E-state index in [0.29, 0.717) is 11.1 Å². The molecule has 0 bridgehead atoms. The number of para-hydroxylation sites is 1. The Morgan fingerprint density at radius 3 is 3.00 bits per heavy atom. The van der Waals surface area contributed by atoms with Crippen LogP contribution in [-0.4, -0.2) is 24.2 Å². The second kappa shape index (κ2) is 5.27. The number of hydrogen-bond acceptors (Lipinski definition) is 3. The van der Waals surface area contributed by atoms with Gasteiger partial charge in [-0.15, -0.1) is 0 Å². The molecule has 1 aromatic carbocycles. The minimum atomic E-state index is 0.319. The molecule has 1 aliphatic heterocycles. The number of hydrogen-bond donors (Lipinski definition) is 2. The topological polar surface area (TPSA) is 47.3 Å². The largest absolute Gasteiger partial charge is 0.389 e. The van der Waals surface area contributed by atoms with Gasteiger partial charge in [-0.25, -0.2) is 0 Å². The van der Waals surface area contributed by atoms with Gasteiger partial charge in [-0.1, -0.05) is 24.4 Å². The van der Waals surface area contributed by atoms with E-state index in [-0.39, 0.29) is 0 Å². The van der Waals surface area contributed by atoms with Crippen LogP contribution >= 0.6 is 12.2 Å². The van der Waals surface area contributed by atoms with E-state index in [1.165, 1.54) is 0 Å². The summed E-state index contributed by atoms with van der Waals surface area (Å²) in [6, 6.07) is 7.83. The lowest BCUT2D eigenvalue weighted by Crippen LogP contribution is -2.20. The highest BCUT2D eigenvalue weighted by molar-refractivity contribution is 7.80. The lowest BCUT2D eigenvalue weighted by molar-refractivity contribution is 0.120. The van der Waals surface area contributed by atoms with Gasteiger partial charge in [0.25, 0.3) is 0 Å². The van der Waals surface area contributed by atoms with Gasteiger partial charge in [0.15, 0.2) is 0 Å². The standard InChI is InChI=1S/C12H16N2OS/c13-12(16)10-5-1-2-6-11(10)14-8-9-4-3-7-15-9/h1-2,5-6,9,14H,3-4,7-8H2,(H2,13,16). The fourth-order valence-corrected chi connectivity index (χ4v) is 2.06. The Morgan fingerprint density at radius 2 is 2.31 bits per heavy atom. The molecule has 1 atom stereocenters. The van der Waals surface area contributed by atoms with Crippen molar-refractivity contribution in [3.05, 3.63) is 29.8 Å². The Labute approximate surface area is 101 Å². The van der Waals surface area contributed by atoms with Gasteiger partial charge in [0.05, 0.1) is 6.10 Å². The molecule has 0 spiro atoms. The van der Waals surface area contributed by atoms with E-state index in [9.17, 15) is 0 Å². The second-order valence-electron chi connectivity index (χ2n) is 3.93. The van der Waals surface area contributed by atoms with Gasteiger partial charge in [-0.3, -0.25) is 0 Å². The predicted octanol–water partition coefficient (Wildman–Crippen LogP) is 1.91. The molecule has 86 valence electrons. The third-order valence-electron chi connectivity index (χ3n) is 2.74. The maximum absolute atomic E-state index is 5.66. The van der Waals surface area contributed by atoms with Crippen molar-refractivity contribution in [3.8, 4) is 0 Å². The van der Waals surface area contributed by atoms with E-state index in [0.717, 1.165) is 37.2 Å². The van der Waals surface area contributed by atoms with Crippen LogP contribution in [-0.2, 0) is 4.74 Å². The normalized spacial score (nSPS) is 19.6. The molecule has 0 aliphatic carbocycles. The summed E-state index contributed by atoms with van der Waals surface area (Å²) in [5.74, 6) is 0. The van der Waals surface area contributed by atoms with Crippen LogP contribution in [0.4, 0.5) is 5.69 Å². The highest BCUT2D eigenvalue weighted by atomic mass is 32.1. The molecule has 1 aromatic rings. The van der Waals surface area contributed by atoms with Crippen LogP contribution in [0.25, 0.3) is 0 Å². The van der Waals surface area contributed by atoms with E-state index in [2.05, 4.69) is 5.32 Å². The molecular formula is C12H16N2OS. The number of rotatable bonds is 4.